The van der Waals surface area contributed by atoms with Crippen molar-refractivity contribution in [2.24, 2.45) is 5.73 Å². The smallest absolute Gasteiger partial charge is 0.355 e. The number of carbonyl (C=O) groups excluding carboxylic acids is 2. The zero-order valence-electron chi connectivity index (χ0n) is 12.6. The first-order valence-corrected chi connectivity index (χ1v) is 7.25. The second-order valence-corrected chi connectivity index (χ2v) is 5.44. The lowest BCUT2D eigenvalue weighted by Crippen LogP contribution is -2.45. The molecule has 1 aliphatic rings. The Kier molecular flexibility index (Phi) is 4.93. The fourth-order valence-electron chi connectivity index (χ4n) is 2.60. The van der Waals surface area contributed by atoms with Gasteiger partial charge in [0.05, 0.1) is 5.56 Å². The van der Waals surface area contributed by atoms with E-state index < -0.39 is 23.7 Å². The molecular weight excluding hydrogens is 311 g/mol. The van der Waals surface area contributed by atoms with Crippen molar-refractivity contribution >= 4 is 11.8 Å². The van der Waals surface area contributed by atoms with Crippen LogP contribution >= 0.6 is 0 Å². The quantitative estimate of drug-likeness (QED) is 0.880. The number of amides is 2. The summed E-state index contributed by atoms with van der Waals surface area (Å²) >= 11 is 0. The fourth-order valence-corrected chi connectivity index (χ4v) is 2.60. The third kappa shape index (κ3) is 3.82. The lowest BCUT2D eigenvalue weighted by Gasteiger charge is -2.23. The molecule has 1 aromatic rings. The second-order valence-electron chi connectivity index (χ2n) is 5.44. The van der Waals surface area contributed by atoms with Gasteiger partial charge in [-0.15, -0.1) is 0 Å². The van der Waals surface area contributed by atoms with Crippen LogP contribution in [0, 0.1) is 0 Å². The summed E-state index contributed by atoms with van der Waals surface area (Å²) in [6, 6.07) is 2.91. The van der Waals surface area contributed by atoms with E-state index in [1.165, 1.54) is 4.90 Å². The molecule has 0 spiro atoms. The van der Waals surface area contributed by atoms with Crippen LogP contribution in [0.2, 0.25) is 0 Å². The Labute approximate surface area is 131 Å². The summed E-state index contributed by atoms with van der Waals surface area (Å²) in [7, 11) is 0. The number of nitrogens with zero attached hydrogens (tertiary/aromatic N) is 1. The Morgan fingerprint density at radius 2 is 1.91 bits per heavy atom. The molecular formula is C15H18F3N3O2. The van der Waals surface area contributed by atoms with E-state index in [-0.39, 0.29) is 24.1 Å². The summed E-state index contributed by atoms with van der Waals surface area (Å²) in [4.78, 5) is 25.8. The zero-order chi connectivity index (χ0) is 17.2. The molecule has 0 bridgehead atoms. The Hall–Kier alpha value is -2.09. The van der Waals surface area contributed by atoms with Crippen molar-refractivity contribution in [1.29, 1.82) is 0 Å². The van der Waals surface area contributed by atoms with Gasteiger partial charge in [-0.05, 0) is 37.6 Å². The normalized spacial score (nSPS) is 21.3. The van der Waals surface area contributed by atoms with Gasteiger partial charge in [-0.3, -0.25) is 9.59 Å². The molecule has 5 nitrogen and oxygen atoms in total. The summed E-state index contributed by atoms with van der Waals surface area (Å²) in [6.07, 6.45) is -4.13. The maximum Gasteiger partial charge on any atom is 0.416 e. The van der Waals surface area contributed by atoms with Gasteiger partial charge in [-0.2, -0.15) is 13.2 Å². The van der Waals surface area contributed by atoms with Gasteiger partial charge in [0, 0.05) is 24.7 Å². The Morgan fingerprint density at radius 1 is 1.30 bits per heavy atom. The number of rotatable bonds is 3. The zero-order valence-corrected chi connectivity index (χ0v) is 12.6. The predicted molar refractivity (Wildman–Crippen MR) is 77.5 cm³/mol. The van der Waals surface area contributed by atoms with Crippen LogP contribution in [0.4, 0.5) is 13.2 Å². The largest absolute Gasteiger partial charge is 0.416 e. The molecule has 1 fully saturated rings. The van der Waals surface area contributed by atoms with Crippen molar-refractivity contribution in [2.45, 2.75) is 31.6 Å². The number of nitrogens with two attached hydrogens (primary N) is 1. The van der Waals surface area contributed by atoms with E-state index in [2.05, 4.69) is 5.32 Å². The molecule has 3 N–H and O–H groups in total. The highest BCUT2D eigenvalue weighted by molar-refractivity contribution is 5.98. The summed E-state index contributed by atoms with van der Waals surface area (Å²) in [5.41, 5.74) is 5.10. The first-order chi connectivity index (χ1) is 10.7. The molecule has 1 saturated heterocycles. The Morgan fingerprint density at radius 3 is 2.43 bits per heavy atom. The molecule has 0 radical (unpaired) electrons. The Balaban J connectivity index is 2.19. The number of likely N-dealkylation sites (N-methyl/N-ethyl adjacent to an activating group) is 1. The average molecular weight is 329 g/mol. The molecule has 126 valence electrons. The molecule has 8 heteroatoms. The van der Waals surface area contributed by atoms with Gasteiger partial charge in [0.25, 0.3) is 5.91 Å². The second kappa shape index (κ2) is 6.57. The molecule has 1 heterocycles. The summed E-state index contributed by atoms with van der Waals surface area (Å²) in [6.45, 7) is 2.38. The summed E-state index contributed by atoms with van der Waals surface area (Å²) < 4.78 is 37.7. The number of hydrogen-bond acceptors (Lipinski definition) is 3. The van der Waals surface area contributed by atoms with Gasteiger partial charge in [0.2, 0.25) is 5.91 Å². The van der Waals surface area contributed by atoms with Crippen LogP contribution in [-0.4, -0.2) is 41.9 Å². The number of carbonyl (C=O) groups is 2. The summed E-state index contributed by atoms with van der Waals surface area (Å²) in [5, 5.41) is 2.64. The third-order valence-electron chi connectivity index (χ3n) is 3.71. The number of benzene rings is 1. The van der Waals surface area contributed by atoms with E-state index in [0.29, 0.717) is 13.0 Å². The van der Waals surface area contributed by atoms with E-state index in [4.69, 9.17) is 5.73 Å². The van der Waals surface area contributed by atoms with Crippen molar-refractivity contribution in [3.63, 3.8) is 0 Å². The van der Waals surface area contributed by atoms with E-state index in [0.717, 1.165) is 24.3 Å². The number of nitrogens with one attached hydrogen (secondary N) is 1. The average Bonchev–Trinajstić information content (AvgIpc) is 2.88. The lowest BCUT2D eigenvalue weighted by molar-refractivity contribution is -0.137. The van der Waals surface area contributed by atoms with Crippen LogP contribution in [-0.2, 0) is 11.0 Å². The van der Waals surface area contributed by atoms with Crippen molar-refractivity contribution in [3.8, 4) is 0 Å². The highest BCUT2D eigenvalue weighted by Gasteiger charge is 2.38. The number of alkyl halides is 3. The number of halogens is 3. The van der Waals surface area contributed by atoms with E-state index >= 15 is 0 Å². The van der Waals surface area contributed by atoms with Gasteiger partial charge < -0.3 is 16.0 Å². The van der Waals surface area contributed by atoms with Crippen molar-refractivity contribution in [1.82, 2.24) is 10.2 Å². The highest BCUT2D eigenvalue weighted by atomic mass is 19.4. The van der Waals surface area contributed by atoms with Crippen LogP contribution in [0.25, 0.3) is 0 Å². The van der Waals surface area contributed by atoms with Crippen LogP contribution in [0.15, 0.2) is 24.3 Å². The Bertz CT molecular complexity index is 587. The third-order valence-corrected chi connectivity index (χ3v) is 3.71. The van der Waals surface area contributed by atoms with Crippen molar-refractivity contribution in [3.05, 3.63) is 35.4 Å². The van der Waals surface area contributed by atoms with E-state index in [1.807, 2.05) is 0 Å². The van der Waals surface area contributed by atoms with Crippen molar-refractivity contribution in [2.75, 3.05) is 13.1 Å². The van der Waals surface area contributed by atoms with Gasteiger partial charge in [-0.1, -0.05) is 0 Å². The van der Waals surface area contributed by atoms with Gasteiger partial charge >= 0.3 is 6.18 Å². The van der Waals surface area contributed by atoms with E-state index in [9.17, 15) is 22.8 Å². The minimum Gasteiger partial charge on any atom is -0.355 e. The standard InChI is InChI=1S/C15H18F3N3O2/c1-2-20-13(22)12-7-11(19)8-21(12)14(23)9-3-5-10(6-4-9)15(16,17)18/h3-6,11-12H,2,7-8,19H2,1H3,(H,20,22)/t11-,12+/m1/s1. The van der Waals surface area contributed by atoms with Crippen LogP contribution in [0.1, 0.15) is 29.3 Å². The molecule has 0 unspecified atom stereocenters. The maximum atomic E-state index is 12.6. The molecule has 2 rings (SSSR count). The molecule has 1 aromatic carbocycles. The van der Waals surface area contributed by atoms with Crippen molar-refractivity contribution < 1.29 is 22.8 Å². The first-order valence-electron chi connectivity index (χ1n) is 7.25. The predicted octanol–water partition coefficient (Wildman–Crippen LogP) is 1.38. The molecule has 1 aliphatic heterocycles. The maximum absolute atomic E-state index is 12.6. The number of hydrogen-bond donors (Lipinski definition) is 2. The van der Waals surface area contributed by atoms with Crippen LogP contribution in [0.3, 0.4) is 0 Å². The van der Waals surface area contributed by atoms with E-state index in [1.54, 1.807) is 6.92 Å². The molecule has 2 atom stereocenters. The topological polar surface area (TPSA) is 75.4 Å². The fraction of sp³-hybridized carbons (Fsp3) is 0.467. The number of likely N-dealkylation sites (tertiary alicyclic amines) is 1. The highest BCUT2D eigenvalue weighted by Crippen LogP contribution is 2.29. The molecule has 0 saturated carbocycles. The van der Waals surface area contributed by atoms with Gasteiger partial charge in [0.1, 0.15) is 6.04 Å². The van der Waals surface area contributed by atoms with Gasteiger partial charge in [0.15, 0.2) is 0 Å². The minimum absolute atomic E-state index is 0.0985. The molecule has 23 heavy (non-hydrogen) atoms. The molecule has 0 aliphatic carbocycles. The molecule has 0 aromatic heterocycles. The molecule has 2 amide bonds. The first kappa shape index (κ1) is 17.3. The van der Waals surface area contributed by atoms with Gasteiger partial charge in [-0.25, -0.2) is 0 Å². The SMILES string of the molecule is CCNC(=O)[C@@H]1C[C@@H](N)CN1C(=O)c1ccc(C(F)(F)F)cc1. The van der Waals surface area contributed by atoms with Crippen LogP contribution < -0.4 is 11.1 Å². The summed E-state index contributed by atoms with van der Waals surface area (Å²) in [5.74, 6) is -0.802. The lowest BCUT2D eigenvalue weighted by atomic mass is 10.1. The van der Waals surface area contributed by atoms with Crippen LogP contribution in [0.5, 0.6) is 0 Å². The minimum atomic E-state index is -4.46. The monoisotopic (exact) mass is 329 g/mol.